The van der Waals surface area contributed by atoms with Gasteiger partial charge in [-0.25, -0.2) is 0 Å². The first-order valence-electron chi connectivity index (χ1n) is 11.8. The molecular formula is C29H29NO4. The van der Waals surface area contributed by atoms with Gasteiger partial charge in [0, 0.05) is 5.92 Å². The van der Waals surface area contributed by atoms with E-state index in [9.17, 15) is 14.7 Å². The van der Waals surface area contributed by atoms with Crippen LogP contribution in [0.25, 0.3) is 11.1 Å². The molecule has 3 unspecified atom stereocenters. The van der Waals surface area contributed by atoms with Gasteiger partial charge in [0.15, 0.2) is 0 Å². The molecule has 2 aliphatic carbocycles. The first-order chi connectivity index (χ1) is 16.4. The lowest BCUT2D eigenvalue weighted by atomic mass is 9.67. The SMILES string of the molecule is Cc1ccc(C2CCC(N)(C(=O)O)C(C(=O)OCC3c4ccccc4-c4ccccc43)C2)cc1. The third-order valence-corrected chi connectivity index (χ3v) is 7.63. The number of carboxylic acid groups (broad SMARTS) is 1. The molecule has 0 amide bonds. The van der Waals surface area contributed by atoms with Crippen molar-refractivity contribution in [2.45, 2.75) is 43.6 Å². The quantitative estimate of drug-likeness (QED) is 0.528. The van der Waals surface area contributed by atoms with Crippen LogP contribution >= 0.6 is 0 Å². The summed E-state index contributed by atoms with van der Waals surface area (Å²) >= 11 is 0. The predicted octanol–water partition coefficient (Wildman–Crippen LogP) is 5.02. The van der Waals surface area contributed by atoms with Gasteiger partial charge in [0.05, 0.1) is 5.92 Å². The van der Waals surface area contributed by atoms with Crippen LogP contribution in [0.4, 0.5) is 0 Å². The average Bonchev–Trinajstić information content (AvgIpc) is 3.17. The molecule has 5 rings (SSSR count). The monoisotopic (exact) mass is 455 g/mol. The van der Waals surface area contributed by atoms with Crippen LogP contribution in [0.15, 0.2) is 72.8 Å². The summed E-state index contributed by atoms with van der Waals surface area (Å²) in [4.78, 5) is 25.5. The minimum absolute atomic E-state index is 0.0714. The molecule has 3 N–H and O–H groups in total. The molecule has 0 radical (unpaired) electrons. The molecule has 0 aromatic heterocycles. The Hall–Kier alpha value is -3.44. The van der Waals surface area contributed by atoms with E-state index in [1.54, 1.807) is 0 Å². The zero-order valence-electron chi connectivity index (χ0n) is 19.2. The first-order valence-corrected chi connectivity index (χ1v) is 11.8. The lowest BCUT2D eigenvalue weighted by Gasteiger charge is -2.40. The number of carboxylic acids is 1. The highest BCUT2D eigenvalue weighted by molar-refractivity contribution is 5.88. The molecule has 1 saturated carbocycles. The Bertz CT molecular complexity index is 1190. The van der Waals surface area contributed by atoms with Gasteiger partial charge in [-0.15, -0.1) is 0 Å². The van der Waals surface area contributed by atoms with Crippen molar-refractivity contribution >= 4 is 11.9 Å². The number of aryl methyl sites for hydroxylation is 1. The number of benzene rings is 3. The van der Waals surface area contributed by atoms with E-state index in [1.165, 1.54) is 0 Å². The normalized spacial score (nSPS) is 23.7. The number of nitrogens with two attached hydrogens (primary N) is 1. The lowest BCUT2D eigenvalue weighted by molar-refractivity contribution is -0.162. The minimum Gasteiger partial charge on any atom is -0.480 e. The Morgan fingerprint density at radius 1 is 0.971 bits per heavy atom. The fourth-order valence-electron chi connectivity index (χ4n) is 5.61. The second kappa shape index (κ2) is 8.73. The minimum atomic E-state index is -1.62. The van der Waals surface area contributed by atoms with E-state index >= 15 is 0 Å². The predicted molar refractivity (Wildman–Crippen MR) is 130 cm³/mol. The van der Waals surface area contributed by atoms with Crippen LogP contribution < -0.4 is 5.73 Å². The number of carbonyl (C=O) groups is 2. The maximum absolute atomic E-state index is 13.4. The lowest BCUT2D eigenvalue weighted by Crippen LogP contribution is -2.59. The first kappa shape index (κ1) is 22.4. The number of aliphatic carboxylic acids is 1. The van der Waals surface area contributed by atoms with E-state index < -0.39 is 23.4 Å². The number of carbonyl (C=O) groups excluding carboxylic acids is 1. The summed E-state index contributed by atoms with van der Waals surface area (Å²) in [6.45, 7) is 2.19. The van der Waals surface area contributed by atoms with Crippen molar-refractivity contribution in [3.8, 4) is 11.1 Å². The third-order valence-electron chi connectivity index (χ3n) is 7.63. The number of rotatable bonds is 5. The molecule has 0 saturated heterocycles. The number of esters is 1. The van der Waals surface area contributed by atoms with Crippen molar-refractivity contribution < 1.29 is 19.4 Å². The topological polar surface area (TPSA) is 89.6 Å². The van der Waals surface area contributed by atoms with Gasteiger partial charge in [-0.1, -0.05) is 78.4 Å². The molecule has 3 aromatic carbocycles. The van der Waals surface area contributed by atoms with Crippen LogP contribution in [0, 0.1) is 12.8 Å². The summed E-state index contributed by atoms with van der Waals surface area (Å²) in [5.74, 6) is -2.58. The van der Waals surface area contributed by atoms with Gasteiger partial charge >= 0.3 is 11.9 Å². The van der Waals surface area contributed by atoms with E-state index in [4.69, 9.17) is 10.5 Å². The molecule has 0 heterocycles. The van der Waals surface area contributed by atoms with Gasteiger partial charge in [0.1, 0.15) is 12.1 Å². The van der Waals surface area contributed by atoms with Gasteiger partial charge in [-0.05, 0) is 59.9 Å². The number of ether oxygens (including phenoxy) is 1. The maximum atomic E-state index is 13.4. The second-order valence-electron chi connectivity index (χ2n) is 9.64. The molecule has 0 bridgehead atoms. The van der Waals surface area contributed by atoms with Crippen LogP contribution in [-0.2, 0) is 14.3 Å². The van der Waals surface area contributed by atoms with Crippen LogP contribution in [0.5, 0.6) is 0 Å². The Morgan fingerprint density at radius 3 is 2.15 bits per heavy atom. The number of fused-ring (bicyclic) bond motifs is 3. The van der Waals surface area contributed by atoms with E-state index in [-0.39, 0.29) is 24.9 Å². The van der Waals surface area contributed by atoms with Crippen LogP contribution in [0.1, 0.15) is 53.4 Å². The van der Waals surface area contributed by atoms with Crippen LogP contribution in [0.3, 0.4) is 0 Å². The summed E-state index contributed by atoms with van der Waals surface area (Å²) in [5, 5.41) is 9.92. The Labute approximate surface area is 199 Å². The zero-order chi connectivity index (χ0) is 23.9. The Morgan fingerprint density at radius 2 is 1.56 bits per heavy atom. The fraction of sp³-hybridized carbons (Fsp3) is 0.310. The van der Waals surface area contributed by atoms with E-state index in [0.717, 1.165) is 33.4 Å². The molecule has 34 heavy (non-hydrogen) atoms. The van der Waals surface area contributed by atoms with Crippen LogP contribution in [0.2, 0.25) is 0 Å². The zero-order valence-corrected chi connectivity index (χ0v) is 19.2. The molecule has 1 fully saturated rings. The molecule has 0 spiro atoms. The standard InChI is InChI=1S/C29H29NO4/c1-18-10-12-19(13-11-18)20-14-15-29(30,28(32)33)26(16-20)27(31)34-17-25-23-8-4-2-6-21(23)22-7-3-5-9-24(22)25/h2-13,20,25-26H,14-17,30H2,1H3,(H,32,33). The van der Waals surface area contributed by atoms with Crippen molar-refractivity contribution in [3.05, 3.63) is 95.1 Å². The van der Waals surface area contributed by atoms with Crippen molar-refractivity contribution in [1.29, 1.82) is 0 Å². The summed E-state index contributed by atoms with van der Waals surface area (Å²) in [6.07, 6.45) is 1.22. The summed E-state index contributed by atoms with van der Waals surface area (Å²) in [7, 11) is 0. The van der Waals surface area contributed by atoms with Crippen LogP contribution in [-0.4, -0.2) is 29.2 Å². The number of hydrogen-bond acceptors (Lipinski definition) is 4. The number of hydrogen-bond donors (Lipinski definition) is 2. The third kappa shape index (κ3) is 3.80. The molecule has 2 aliphatic rings. The van der Waals surface area contributed by atoms with Crippen molar-refractivity contribution in [1.82, 2.24) is 0 Å². The van der Waals surface area contributed by atoms with E-state index in [2.05, 4.69) is 36.4 Å². The van der Waals surface area contributed by atoms with Gasteiger partial charge in [-0.2, -0.15) is 0 Å². The molecule has 174 valence electrons. The Balaban J connectivity index is 1.38. The molecule has 3 aromatic rings. The van der Waals surface area contributed by atoms with Crippen molar-refractivity contribution in [2.24, 2.45) is 11.7 Å². The van der Waals surface area contributed by atoms with E-state index in [0.29, 0.717) is 12.8 Å². The maximum Gasteiger partial charge on any atom is 0.324 e. The Kier molecular flexibility index (Phi) is 5.74. The average molecular weight is 456 g/mol. The molecule has 3 atom stereocenters. The molecule has 5 heteroatoms. The fourth-order valence-corrected chi connectivity index (χ4v) is 5.61. The van der Waals surface area contributed by atoms with Crippen molar-refractivity contribution in [2.75, 3.05) is 6.61 Å². The molecule has 0 aliphatic heterocycles. The van der Waals surface area contributed by atoms with Gasteiger partial charge in [-0.3, -0.25) is 9.59 Å². The van der Waals surface area contributed by atoms with Gasteiger partial charge < -0.3 is 15.6 Å². The summed E-state index contributed by atoms with van der Waals surface area (Å²) < 4.78 is 5.85. The summed E-state index contributed by atoms with van der Waals surface area (Å²) in [6, 6.07) is 24.5. The van der Waals surface area contributed by atoms with Crippen molar-refractivity contribution in [3.63, 3.8) is 0 Å². The van der Waals surface area contributed by atoms with E-state index in [1.807, 2.05) is 43.3 Å². The van der Waals surface area contributed by atoms with Gasteiger partial charge in [0.2, 0.25) is 0 Å². The second-order valence-corrected chi connectivity index (χ2v) is 9.64. The highest BCUT2D eigenvalue weighted by Gasteiger charge is 2.51. The largest absolute Gasteiger partial charge is 0.480 e. The summed E-state index contributed by atoms with van der Waals surface area (Å²) in [5.41, 5.74) is 11.5. The highest BCUT2D eigenvalue weighted by atomic mass is 16.5. The smallest absolute Gasteiger partial charge is 0.324 e. The van der Waals surface area contributed by atoms with Gasteiger partial charge in [0.25, 0.3) is 0 Å². The molecule has 5 nitrogen and oxygen atoms in total. The molecular weight excluding hydrogens is 426 g/mol. The highest BCUT2D eigenvalue weighted by Crippen LogP contribution is 2.45.